The lowest BCUT2D eigenvalue weighted by Crippen LogP contribution is -2.37. The average Bonchev–Trinajstić information content (AvgIpc) is 3.65. The minimum absolute atomic E-state index is 0.209. The van der Waals surface area contributed by atoms with Gasteiger partial charge >= 0.3 is 12.1 Å². The van der Waals surface area contributed by atoms with E-state index in [-0.39, 0.29) is 11.8 Å². The molecule has 4 heterocycles. The minimum atomic E-state index is -5.10. The standard InChI is InChI=1S/C32H29F3N6O3/c33-32(34,35)30(42)44-25-7-3-6-22(18-25)28-26-9-11-41(29(26)39-31(38-28)40-12-14-43-15-13-40)24-8-10-36-27(19-24)37-23-16-20-4-1-2-5-21(20)17-23/h1-8,10,18-19,23H,9,11-17H2,(H,36,37). The predicted octanol–water partition coefficient (Wildman–Crippen LogP) is 5.12. The topological polar surface area (TPSA) is 92.7 Å². The van der Waals surface area contributed by atoms with Crippen molar-refractivity contribution in [1.29, 1.82) is 0 Å². The Kier molecular flexibility index (Phi) is 7.29. The van der Waals surface area contributed by atoms with E-state index in [1.165, 1.54) is 23.3 Å². The molecule has 3 aliphatic rings. The zero-order valence-electron chi connectivity index (χ0n) is 23.7. The van der Waals surface area contributed by atoms with Gasteiger partial charge in [0.15, 0.2) is 0 Å². The van der Waals surface area contributed by atoms with E-state index >= 15 is 0 Å². The van der Waals surface area contributed by atoms with Crippen molar-refractivity contribution in [2.45, 2.75) is 31.5 Å². The normalized spacial score (nSPS) is 16.5. The van der Waals surface area contributed by atoms with Crippen LogP contribution in [0.2, 0.25) is 0 Å². The molecular formula is C32H29F3N6O3. The number of nitrogens with zero attached hydrogens (tertiary/aromatic N) is 5. The van der Waals surface area contributed by atoms with E-state index in [0.29, 0.717) is 56.5 Å². The summed E-state index contributed by atoms with van der Waals surface area (Å²) in [5.41, 5.74) is 5.60. The van der Waals surface area contributed by atoms with Crippen molar-refractivity contribution in [3.8, 4) is 17.0 Å². The van der Waals surface area contributed by atoms with Gasteiger partial charge in [0.05, 0.1) is 18.9 Å². The fraction of sp³-hybridized carbons (Fsp3) is 0.312. The number of halogens is 3. The minimum Gasteiger partial charge on any atom is -0.420 e. The molecule has 2 aliphatic heterocycles. The Labute approximate surface area is 251 Å². The van der Waals surface area contributed by atoms with Crippen molar-refractivity contribution in [2.75, 3.05) is 48.0 Å². The predicted molar refractivity (Wildman–Crippen MR) is 158 cm³/mol. The van der Waals surface area contributed by atoms with Crippen molar-refractivity contribution in [1.82, 2.24) is 15.0 Å². The number of fused-ring (bicyclic) bond motifs is 2. The van der Waals surface area contributed by atoms with Crippen LogP contribution in [-0.2, 0) is 28.8 Å². The molecule has 1 fully saturated rings. The molecule has 0 bridgehead atoms. The number of ether oxygens (including phenoxy) is 2. The maximum Gasteiger partial charge on any atom is 0.491 e. The van der Waals surface area contributed by atoms with E-state index in [9.17, 15) is 18.0 Å². The van der Waals surface area contributed by atoms with Crippen LogP contribution in [0.1, 0.15) is 16.7 Å². The van der Waals surface area contributed by atoms with Gasteiger partial charge in [-0.3, -0.25) is 0 Å². The van der Waals surface area contributed by atoms with Gasteiger partial charge in [0.25, 0.3) is 0 Å². The zero-order chi connectivity index (χ0) is 30.3. The first-order valence-electron chi connectivity index (χ1n) is 14.5. The molecule has 2 aromatic heterocycles. The number of benzene rings is 2. The van der Waals surface area contributed by atoms with Crippen LogP contribution in [0.3, 0.4) is 0 Å². The third kappa shape index (κ3) is 5.64. The van der Waals surface area contributed by atoms with E-state index in [0.717, 1.165) is 35.7 Å². The van der Waals surface area contributed by atoms with Crippen LogP contribution >= 0.6 is 0 Å². The van der Waals surface area contributed by atoms with Crippen LogP contribution in [0.5, 0.6) is 5.75 Å². The second-order valence-corrected chi connectivity index (χ2v) is 11.0. The Hall–Kier alpha value is -4.71. The highest BCUT2D eigenvalue weighted by molar-refractivity contribution is 5.80. The van der Waals surface area contributed by atoms with E-state index in [1.807, 2.05) is 17.0 Å². The summed E-state index contributed by atoms with van der Waals surface area (Å²) in [7, 11) is 0. The van der Waals surface area contributed by atoms with E-state index in [2.05, 4.69) is 44.2 Å². The molecule has 44 heavy (non-hydrogen) atoms. The Morgan fingerprint density at radius 1 is 0.955 bits per heavy atom. The lowest BCUT2D eigenvalue weighted by Gasteiger charge is -2.28. The first-order chi connectivity index (χ1) is 21.3. The summed E-state index contributed by atoms with van der Waals surface area (Å²) >= 11 is 0. The van der Waals surface area contributed by atoms with E-state index in [1.54, 1.807) is 18.3 Å². The van der Waals surface area contributed by atoms with Gasteiger partial charge in [-0.15, -0.1) is 0 Å². The summed E-state index contributed by atoms with van der Waals surface area (Å²) in [6, 6.07) is 18.7. The number of nitrogens with one attached hydrogen (secondary N) is 1. The summed E-state index contributed by atoms with van der Waals surface area (Å²) in [6.45, 7) is 2.91. The van der Waals surface area contributed by atoms with Crippen LogP contribution in [0.15, 0.2) is 66.9 Å². The van der Waals surface area contributed by atoms with Gasteiger partial charge in [-0.25, -0.2) is 14.8 Å². The molecule has 0 unspecified atom stereocenters. The van der Waals surface area contributed by atoms with Gasteiger partial charge in [0, 0.05) is 54.8 Å². The number of carbonyl (C=O) groups excluding carboxylic acids is 1. The number of anilines is 4. The maximum absolute atomic E-state index is 12.9. The lowest BCUT2D eigenvalue weighted by molar-refractivity contribution is -0.189. The molecule has 2 aromatic carbocycles. The largest absolute Gasteiger partial charge is 0.491 e. The smallest absolute Gasteiger partial charge is 0.420 e. The Balaban J connectivity index is 1.21. The first-order valence-corrected chi connectivity index (χ1v) is 14.5. The highest BCUT2D eigenvalue weighted by Gasteiger charge is 2.41. The van der Waals surface area contributed by atoms with Crippen LogP contribution in [0.25, 0.3) is 11.3 Å². The number of hydrogen-bond acceptors (Lipinski definition) is 9. The molecule has 226 valence electrons. The van der Waals surface area contributed by atoms with Crippen LogP contribution < -0.4 is 19.9 Å². The highest BCUT2D eigenvalue weighted by atomic mass is 19.4. The maximum atomic E-state index is 12.9. The Bertz CT molecular complexity index is 1680. The molecule has 1 N–H and O–H groups in total. The number of esters is 1. The lowest BCUT2D eigenvalue weighted by atomic mass is 10.1. The van der Waals surface area contributed by atoms with Crippen LogP contribution in [0.4, 0.5) is 36.4 Å². The molecule has 1 aliphatic carbocycles. The monoisotopic (exact) mass is 602 g/mol. The molecule has 12 heteroatoms. The molecular weight excluding hydrogens is 573 g/mol. The summed E-state index contributed by atoms with van der Waals surface area (Å²) in [4.78, 5) is 30.1. The van der Waals surface area contributed by atoms with Gasteiger partial charge in [-0.1, -0.05) is 36.4 Å². The quantitative estimate of drug-likeness (QED) is 0.239. The van der Waals surface area contributed by atoms with Crippen molar-refractivity contribution in [3.63, 3.8) is 0 Å². The highest BCUT2D eigenvalue weighted by Crippen LogP contribution is 2.40. The molecule has 0 amide bonds. The van der Waals surface area contributed by atoms with Crippen molar-refractivity contribution in [2.24, 2.45) is 0 Å². The molecule has 0 atom stereocenters. The molecule has 0 spiro atoms. The third-order valence-electron chi connectivity index (χ3n) is 8.12. The van der Waals surface area contributed by atoms with Crippen LogP contribution in [0, 0.1) is 0 Å². The van der Waals surface area contributed by atoms with Crippen molar-refractivity contribution >= 4 is 29.2 Å². The second-order valence-electron chi connectivity index (χ2n) is 11.0. The number of rotatable bonds is 6. The summed E-state index contributed by atoms with van der Waals surface area (Å²) < 4.78 is 48.8. The number of carbonyl (C=O) groups is 1. The van der Waals surface area contributed by atoms with E-state index < -0.39 is 12.1 Å². The van der Waals surface area contributed by atoms with Gasteiger partial charge in [0.2, 0.25) is 5.95 Å². The average molecular weight is 603 g/mol. The van der Waals surface area contributed by atoms with Gasteiger partial charge < -0.3 is 24.6 Å². The van der Waals surface area contributed by atoms with E-state index in [4.69, 9.17) is 14.7 Å². The number of pyridine rings is 1. The Morgan fingerprint density at radius 3 is 2.48 bits per heavy atom. The summed E-state index contributed by atoms with van der Waals surface area (Å²) in [5, 5.41) is 3.59. The molecule has 1 saturated heterocycles. The van der Waals surface area contributed by atoms with Crippen molar-refractivity contribution < 1.29 is 27.4 Å². The molecule has 9 nitrogen and oxygen atoms in total. The fourth-order valence-corrected chi connectivity index (χ4v) is 6.05. The second kappa shape index (κ2) is 11.4. The Morgan fingerprint density at radius 2 is 1.73 bits per heavy atom. The molecule has 4 aromatic rings. The number of alkyl halides is 3. The summed E-state index contributed by atoms with van der Waals surface area (Å²) in [6.07, 6.45) is -0.835. The fourth-order valence-electron chi connectivity index (χ4n) is 6.05. The van der Waals surface area contributed by atoms with Gasteiger partial charge in [-0.2, -0.15) is 18.2 Å². The SMILES string of the molecule is O=C(Oc1cccc(-c2nc(N3CCOCC3)nc3c2CCN3c2ccnc(NC3Cc4ccccc4C3)c2)c1)C(F)(F)F. The van der Waals surface area contributed by atoms with Crippen LogP contribution in [-0.4, -0.2) is 66.0 Å². The summed E-state index contributed by atoms with van der Waals surface area (Å²) in [5.74, 6) is -0.483. The number of aromatic nitrogens is 3. The third-order valence-corrected chi connectivity index (χ3v) is 8.12. The van der Waals surface area contributed by atoms with Gasteiger partial charge in [0.1, 0.15) is 17.4 Å². The molecule has 0 radical (unpaired) electrons. The molecule has 0 saturated carbocycles. The number of hydrogen-bond donors (Lipinski definition) is 1. The zero-order valence-corrected chi connectivity index (χ0v) is 23.7. The first kappa shape index (κ1) is 28.1. The van der Waals surface area contributed by atoms with Crippen molar-refractivity contribution in [3.05, 3.63) is 83.6 Å². The number of morpholine rings is 1. The van der Waals surface area contributed by atoms with Gasteiger partial charge in [-0.05, 0) is 48.6 Å². The molecule has 7 rings (SSSR count).